The van der Waals surface area contributed by atoms with Gasteiger partial charge in [-0.15, -0.1) is 0 Å². The van der Waals surface area contributed by atoms with Crippen molar-refractivity contribution in [2.45, 2.75) is 52.1 Å². The highest BCUT2D eigenvalue weighted by molar-refractivity contribution is 5.79. The van der Waals surface area contributed by atoms with E-state index in [2.05, 4.69) is 73.3 Å². The van der Waals surface area contributed by atoms with E-state index in [1.54, 1.807) is 0 Å². The van der Waals surface area contributed by atoms with Crippen molar-refractivity contribution in [3.63, 3.8) is 0 Å². The molecule has 28 heavy (non-hydrogen) atoms. The summed E-state index contributed by atoms with van der Waals surface area (Å²) in [5.41, 5.74) is 3.95. The van der Waals surface area contributed by atoms with Crippen LogP contribution < -0.4 is 0 Å². The average molecular weight is 379 g/mol. The van der Waals surface area contributed by atoms with Crippen molar-refractivity contribution in [1.29, 1.82) is 0 Å². The first-order valence-corrected chi connectivity index (χ1v) is 10.6. The summed E-state index contributed by atoms with van der Waals surface area (Å²) in [6, 6.07) is 19.6. The van der Waals surface area contributed by atoms with Crippen molar-refractivity contribution in [2.75, 3.05) is 20.1 Å². The minimum Gasteiger partial charge on any atom is -0.342 e. The van der Waals surface area contributed by atoms with Crippen LogP contribution in [0, 0.1) is 12.8 Å². The number of benzene rings is 2. The average Bonchev–Trinajstić information content (AvgIpc) is 2.73. The smallest absolute Gasteiger partial charge is 0.225 e. The zero-order valence-corrected chi connectivity index (χ0v) is 17.6. The molecule has 0 spiro atoms. The number of nitrogens with zero attached hydrogens (tertiary/aromatic N) is 2. The van der Waals surface area contributed by atoms with Crippen LogP contribution in [0.1, 0.15) is 42.9 Å². The summed E-state index contributed by atoms with van der Waals surface area (Å²) in [6.07, 6.45) is 3.86. The van der Waals surface area contributed by atoms with Crippen LogP contribution in [0.5, 0.6) is 0 Å². The van der Waals surface area contributed by atoms with Crippen LogP contribution in [0.3, 0.4) is 0 Å². The normalized spacial score (nSPS) is 16.7. The van der Waals surface area contributed by atoms with Gasteiger partial charge < -0.3 is 4.90 Å². The second-order valence-electron chi connectivity index (χ2n) is 8.24. The van der Waals surface area contributed by atoms with Gasteiger partial charge >= 0.3 is 0 Å². The number of aryl methyl sites for hydroxylation is 1. The summed E-state index contributed by atoms with van der Waals surface area (Å²) in [5, 5.41) is 0. The zero-order chi connectivity index (χ0) is 19.9. The molecule has 1 atom stereocenters. The van der Waals surface area contributed by atoms with Crippen LogP contribution in [0.15, 0.2) is 54.6 Å². The Kier molecular flexibility index (Phi) is 7.27. The molecule has 2 aromatic rings. The topological polar surface area (TPSA) is 23.6 Å². The zero-order valence-electron chi connectivity index (χ0n) is 17.6. The molecule has 3 nitrogen and oxygen atoms in total. The third kappa shape index (κ3) is 5.45. The number of hydrogen-bond acceptors (Lipinski definition) is 2. The lowest BCUT2D eigenvalue weighted by Crippen LogP contribution is -2.45. The molecule has 1 unspecified atom stereocenters. The van der Waals surface area contributed by atoms with Crippen molar-refractivity contribution in [3.05, 3.63) is 71.3 Å². The SMILES string of the molecule is CCC(Cc1ccc(C)cc1)N(C)C(=O)C1CCN(Cc2ccccc2)CC1. The maximum atomic E-state index is 13.1. The van der Waals surface area contributed by atoms with Gasteiger partial charge in [0.05, 0.1) is 0 Å². The summed E-state index contributed by atoms with van der Waals surface area (Å²) in [5.74, 6) is 0.502. The van der Waals surface area contributed by atoms with Gasteiger partial charge in [-0.2, -0.15) is 0 Å². The highest BCUT2D eigenvalue weighted by Crippen LogP contribution is 2.23. The number of amides is 1. The van der Waals surface area contributed by atoms with Gasteiger partial charge in [0.1, 0.15) is 0 Å². The molecule has 0 aromatic heterocycles. The standard InChI is InChI=1S/C25H34N2O/c1-4-24(18-21-12-10-20(2)11-13-21)26(3)25(28)23-14-16-27(17-15-23)19-22-8-6-5-7-9-22/h5-13,23-24H,4,14-19H2,1-3H3. The molecule has 1 heterocycles. The van der Waals surface area contributed by atoms with Crippen LogP contribution in [0.25, 0.3) is 0 Å². The number of carbonyl (C=O) groups excluding carboxylic acids is 1. The van der Waals surface area contributed by atoms with Crippen molar-refractivity contribution >= 4 is 5.91 Å². The monoisotopic (exact) mass is 378 g/mol. The quantitative estimate of drug-likeness (QED) is 0.698. The first-order valence-electron chi connectivity index (χ1n) is 10.6. The minimum absolute atomic E-state index is 0.170. The van der Waals surface area contributed by atoms with Crippen LogP contribution in [-0.2, 0) is 17.8 Å². The number of piperidine rings is 1. The van der Waals surface area contributed by atoms with Gasteiger partial charge in [0.2, 0.25) is 5.91 Å². The van der Waals surface area contributed by atoms with Crippen molar-refractivity contribution in [3.8, 4) is 0 Å². The lowest BCUT2D eigenvalue weighted by molar-refractivity contribution is -0.138. The van der Waals surface area contributed by atoms with Gasteiger partial charge in [0.15, 0.2) is 0 Å². The largest absolute Gasteiger partial charge is 0.342 e. The van der Waals surface area contributed by atoms with E-state index >= 15 is 0 Å². The first kappa shape index (κ1) is 20.6. The number of likely N-dealkylation sites (tertiary alicyclic amines) is 1. The van der Waals surface area contributed by atoms with Crippen molar-refractivity contribution < 1.29 is 4.79 Å². The molecular formula is C25H34N2O. The molecule has 3 rings (SSSR count). The Bertz CT molecular complexity index is 733. The Balaban J connectivity index is 1.52. The van der Waals surface area contributed by atoms with Gasteiger partial charge in [-0.05, 0) is 56.8 Å². The molecule has 1 aliphatic heterocycles. The number of carbonyl (C=O) groups is 1. The summed E-state index contributed by atoms with van der Waals surface area (Å²) in [4.78, 5) is 17.6. The van der Waals surface area contributed by atoms with E-state index in [4.69, 9.17) is 0 Å². The predicted molar refractivity (Wildman–Crippen MR) is 116 cm³/mol. The molecule has 0 saturated carbocycles. The molecule has 0 aliphatic carbocycles. The van der Waals surface area contributed by atoms with Gasteiger partial charge in [-0.1, -0.05) is 67.1 Å². The minimum atomic E-state index is 0.170. The Morgan fingerprint density at radius 1 is 1.04 bits per heavy atom. The number of hydrogen-bond donors (Lipinski definition) is 0. The van der Waals surface area contributed by atoms with E-state index in [-0.39, 0.29) is 12.0 Å². The summed E-state index contributed by atoms with van der Waals surface area (Å²) in [6.45, 7) is 7.30. The molecule has 1 aliphatic rings. The highest BCUT2D eigenvalue weighted by atomic mass is 16.2. The molecular weight excluding hydrogens is 344 g/mol. The lowest BCUT2D eigenvalue weighted by atomic mass is 9.93. The third-order valence-corrected chi connectivity index (χ3v) is 6.14. The van der Waals surface area contributed by atoms with Crippen LogP contribution in [0.4, 0.5) is 0 Å². The van der Waals surface area contributed by atoms with Crippen molar-refractivity contribution in [1.82, 2.24) is 9.80 Å². The fourth-order valence-electron chi connectivity index (χ4n) is 4.20. The van der Waals surface area contributed by atoms with Crippen molar-refractivity contribution in [2.24, 2.45) is 5.92 Å². The molecule has 1 amide bonds. The second kappa shape index (κ2) is 9.88. The van der Waals surface area contributed by atoms with Gasteiger partial charge in [-0.25, -0.2) is 0 Å². The predicted octanol–water partition coefficient (Wildman–Crippen LogP) is 4.69. The summed E-state index contributed by atoms with van der Waals surface area (Å²) in [7, 11) is 2.00. The molecule has 150 valence electrons. The first-order chi connectivity index (χ1) is 13.6. The maximum Gasteiger partial charge on any atom is 0.225 e. The van der Waals surface area contributed by atoms with Crippen LogP contribution >= 0.6 is 0 Å². The lowest BCUT2D eigenvalue weighted by Gasteiger charge is -2.35. The van der Waals surface area contributed by atoms with Crippen LogP contribution in [0.2, 0.25) is 0 Å². The molecule has 2 aromatic carbocycles. The Morgan fingerprint density at radius 2 is 1.68 bits per heavy atom. The Hall–Kier alpha value is -2.13. The second-order valence-corrected chi connectivity index (χ2v) is 8.24. The van der Waals surface area contributed by atoms with E-state index in [1.807, 2.05) is 11.9 Å². The summed E-state index contributed by atoms with van der Waals surface area (Å²) < 4.78 is 0. The Morgan fingerprint density at radius 3 is 2.29 bits per heavy atom. The van der Waals surface area contributed by atoms with E-state index in [9.17, 15) is 4.79 Å². The number of likely N-dealkylation sites (N-methyl/N-ethyl adjacent to an activating group) is 1. The number of rotatable bonds is 7. The highest BCUT2D eigenvalue weighted by Gasteiger charge is 2.29. The molecule has 0 bridgehead atoms. The third-order valence-electron chi connectivity index (χ3n) is 6.14. The van der Waals surface area contributed by atoms with E-state index < -0.39 is 0 Å². The molecule has 0 radical (unpaired) electrons. The van der Waals surface area contributed by atoms with Gasteiger partial charge in [0.25, 0.3) is 0 Å². The maximum absolute atomic E-state index is 13.1. The molecule has 1 saturated heterocycles. The molecule has 1 fully saturated rings. The molecule has 3 heteroatoms. The fraction of sp³-hybridized carbons (Fsp3) is 0.480. The van der Waals surface area contributed by atoms with Gasteiger partial charge in [-0.3, -0.25) is 9.69 Å². The van der Waals surface area contributed by atoms with E-state index in [1.165, 1.54) is 16.7 Å². The van der Waals surface area contributed by atoms with E-state index in [0.717, 1.165) is 45.3 Å². The molecule has 0 N–H and O–H groups in total. The fourth-order valence-corrected chi connectivity index (χ4v) is 4.20. The Labute approximate surface area is 170 Å². The van der Waals surface area contributed by atoms with Crippen LogP contribution in [-0.4, -0.2) is 41.9 Å². The van der Waals surface area contributed by atoms with Gasteiger partial charge in [0, 0.05) is 25.6 Å². The van der Waals surface area contributed by atoms with E-state index in [0.29, 0.717) is 5.91 Å². The summed E-state index contributed by atoms with van der Waals surface area (Å²) >= 11 is 0.